The van der Waals surface area contributed by atoms with Gasteiger partial charge >= 0.3 is 0 Å². The summed E-state index contributed by atoms with van der Waals surface area (Å²) in [6.07, 6.45) is 0.933. The molecular formula is C15H19N3OS. The molecular weight excluding hydrogens is 270 g/mol. The van der Waals surface area contributed by atoms with Gasteiger partial charge in [0.1, 0.15) is 0 Å². The summed E-state index contributed by atoms with van der Waals surface area (Å²) >= 11 is 1.70. The van der Waals surface area contributed by atoms with E-state index in [1.165, 1.54) is 4.88 Å². The van der Waals surface area contributed by atoms with Crippen LogP contribution >= 0.6 is 11.3 Å². The number of nitrogens with two attached hydrogens (primary N) is 1. The lowest BCUT2D eigenvalue weighted by atomic mass is 10.1. The van der Waals surface area contributed by atoms with E-state index in [1.807, 2.05) is 6.07 Å². The monoisotopic (exact) mass is 289 g/mol. The molecule has 2 aromatic rings. The van der Waals surface area contributed by atoms with E-state index in [0.717, 1.165) is 12.1 Å². The van der Waals surface area contributed by atoms with Crippen molar-refractivity contribution in [1.82, 2.24) is 5.32 Å². The van der Waals surface area contributed by atoms with Crippen molar-refractivity contribution in [3.63, 3.8) is 0 Å². The second kappa shape index (κ2) is 6.43. The standard InChI is InChI=1S/C15H19N3OS/c1-3-12(14-5-4-8-20-14)18-13-9-10(16)6-7-11(13)15(19)17-2/h4-9,12,18H,3,16H2,1-2H3,(H,17,19). The molecule has 4 N–H and O–H groups in total. The van der Waals surface area contributed by atoms with E-state index in [0.29, 0.717) is 11.3 Å². The maximum atomic E-state index is 11.9. The number of nitrogen functional groups attached to an aromatic ring is 1. The number of thiophene rings is 1. The first-order chi connectivity index (χ1) is 9.65. The molecule has 0 fully saturated rings. The summed E-state index contributed by atoms with van der Waals surface area (Å²) in [5, 5.41) is 8.13. The Morgan fingerprint density at radius 3 is 2.80 bits per heavy atom. The molecule has 0 saturated carbocycles. The largest absolute Gasteiger partial charge is 0.399 e. The molecule has 1 unspecified atom stereocenters. The highest BCUT2D eigenvalue weighted by Gasteiger charge is 2.15. The van der Waals surface area contributed by atoms with Crippen LogP contribution in [0.3, 0.4) is 0 Å². The van der Waals surface area contributed by atoms with Crippen molar-refractivity contribution in [2.75, 3.05) is 18.1 Å². The highest BCUT2D eigenvalue weighted by molar-refractivity contribution is 7.10. The van der Waals surface area contributed by atoms with E-state index in [1.54, 1.807) is 36.6 Å². The van der Waals surface area contributed by atoms with Crippen LogP contribution in [0.4, 0.5) is 11.4 Å². The van der Waals surface area contributed by atoms with Gasteiger partial charge in [0, 0.05) is 23.3 Å². The zero-order chi connectivity index (χ0) is 14.5. The van der Waals surface area contributed by atoms with E-state index >= 15 is 0 Å². The SMILES string of the molecule is CCC(Nc1cc(N)ccc1C(=O)NC)c1cccs1. The number of benzene rings is 1. The summed E-state index contributed by atoms with van der Waals surface area (Å²) < 4.78 is 0. The van der Waals surface area contributed by atoms with Crippen molar-refractivity contribution in [1.29, 1.82) is 0 Å². The van der Waals surface area contributed by atoms with E-state index in [4.69, 9.17) is 5.73 Å². The number of amides is 1. The molecule has 20 heavy (non-hydrogen) atoms. The fourth-order valence-corrected chi connectivity index (χ4v) is 2.93. The van der Waals surface area contributed by atoms with Gasteiger partial charge in [-0.1, -0.05) is 13.0 Å². The number of hydrogen-bond acceptors (Lipinski definition) is 4. The van der Waals surface area contributed by atoms with Gasteiger partial charge in [0.2, 0.25) is 0 Å². The normalized spacial score (nSPS) is 11.9. The average Bonchev–Trinajstić information content (AvgIpc) is 2.98. The fourth-order valence-electron chi connectivity index (χ4n) is 2.07. The lowest BCUT2D eigenvalue weighted by Gasteiger charge is -2.19. The predicted molar refractivity (Wildman–Crippen MR) is 85.2 cm³/mol. The highest BCUT2D eigenvalue weighted by Crippen LogP contribution is 2.29. The molecule has 5 heteroatoms. The first-order valence-electron chi connectivity index (χ1n) is 6.57. The molecule has 2 rings (SSSR count). The quantitative estimate of drug-likeness (QED) is 0.740. The summed E-state index contributed by atoms with van der Waals surface area (Å²) in [7, 11) is 1.62. The Morgan fingerprint density at radius 1 is 1.40 bits per heavy atom. The molecule has 4 nitrogen and oxygen atoms in total. The van der Waals surface area contributed by atoms with Gasteiger partial charge in [-0.05, 0) is 36.1 Å². The molecule has 1 atom stereocenters. The first-order valence-corrected chi connectivity index (χ1v) is 7.45. The third kappa shape index (κ3) is 3.11. The van der Waals surface area contributed by atoms with Crippen LogP contribution in [0.1, 0.15) is 34.6 Å². The van der Waals surface area contributed by atoms with Crippen molar-refractivity contribution in [2.24, 2.45) is 0 Å². The Bertz CT molecular complexity index is 581. The van der Waals surface area contributed by atoms with Gasteiger partial charge in [-0.15, -0.1) is 11.3 Å². The highest BCUT2D eigenvalue weighted by atomic mass is 32.1. The summed E-state index contributed by atoms with van der Waals surface area (Å²) in [4.78, 5) is 13.2. The number of hydrogen-bond donors (Lipinski definition) is 3. The lowest BCUT2D eigenvalue weighted by molar-refractivity contribution is 0.0964. The van der Waals surface area contributed by atoms with Gasteiger partial charge in [-0.3, -0.25) is 4.79 Å². The average molecular weight is 289 g/mol. The van der Waals surface area contributed by atoms with Crippen molar-refractivity contribution in [3.05, 3.63) is 46.2 Å². The zero-order valence-corrected chi connectivity index (χ0v) is 12.5. The van der Waals surface area contributed by atoms with Crippen LogP contribution in [0.5, 0.6) is 0 Å². The molecule has 0 saturated heterocycles. The summed E-state index contributed by atoms with van der Waals surface area (Å²) in [6.45, 7) is 2.11. The smallest absolute Gasteiger partial charge is 0.253 e. The molecule has 106 valence electrons. The van der Waals surface area contributed by atoms with Gasteiger partial charge < -0.3 is 16.4 Å². The molecule has 1 amide bonds. The minimum absolute atomic E-state index is 0.117. The van der Waals surface area contributed by atoms with Crippen molar-refractivity contribution >= 4 is 28.6 Å². The summed E-state index contributed by atoms with van der Waals surface area (Å²) in [5.41, 5.74) is 7.85. The Hall–Kier alpha value is -2.01. The Morgan fingerprint density at radius 2 is 2.20 bits per heavy atom. The van der Waals surface area contributed by atoms with E-state index in [2.05, 4.69) is 29.0 Å². The third-order valence-corrected chi connectivity index (χ3v) is 4.13. The van der Waals surface area contributed by atoms with Crippen molar-refractivity contribution in [2.45, 2.75) is 19.4 Å². The molecule has 0 aliphatic carbocycles. The minimum atomic E-state index is -0.117. The third-order valence-electron chi connectivity index (χ3n) is 3.14. The summed E-state index contributed by atoms with van der Waals surface area (Å²) in [5.74, 6) is -0.117. The predicted octanol–water partition coefficient (Wildman–Crippen LogP) is 3.25. The fraction of sp³-hybridized carbons (Fsp3) is 0.267. The van der Waals surface area contributed by atoms with E-state index in [-0.39, 0.29) is 11.9 Å². The molecule has 0 spiro atoms. The Kier molecular flexibility index (Phi) is 4.63. The van der Waals surface area contributed by atoms with Crippen LogP contribution in [0, 0.1) is 0 Å². The second-order valence-corrected chi connectivity index (χ2v) is 5.48. The van der Waals surface area contributed by atoms with Gasteiger partial charge in [0.25, 0.3) is 5.91 Å². The number of nitrogens with one attached hydrogen (secondary N) is 2. The van der Waals surface area contributed by atoms with Crippen LogP contribution in [0.2, 0.25) is 0 Å². The molecule has 1 aromatic heterocycles. The maximum absolute atomic E-state index is 11.9. The Labute approximate surface area is 123 Å². The van der Waals surface area contributed by atoms with E-state index < -0.39 is 0 Å². The Balaban J connectivity index is 2.31. The lowest BCUT2D eigenvalue weighted by Crippen LogP contribution is -2.20. The topological polar surface area (TPSA) is 67.1 Å². The van der Waals surface area contributed by atoms with Gasteiger partial charge in [-0.25, -0.2) is 0 Å². The maximum Gasteiger partial charge on any atom is 0.253 e. The van der Waals surface area contributed by atoms with Crippen LogP contribution in [0.15, 0.2) is 35.7 Å². The first kappa shape index (κ1) is 14.4. The molecule has 0 aliphatic heterocycles. The van der Waals surface area contributed by atoms with Gasteiger partial charge in [0.15, 0.2) is 0 Å². The molecule has 0 aliphatic rings. The molecule has 0 bridgehead atoms. The van der Waals surface area contributed by atoms with Gasteiger partial charge in [0.05, 0.1) is 11.6 Å². The number of carbonyl (C=O) groups is 1. The van der Waals surface area contributed by atoms with Crippen molar-refractivity contribution in [3.8, 4) is 0 Å². The van der Waals surface area contributed by atoms with Gasteiger partial charge in [-0.2, -0.15) is 0 Å². The van der Waals surface area contributed by atoms with Crippen LogP contribution in [-0.2, 0) is 0 Å². The van der Waals surface area contributed by atoms with Crippen LogP contribution < -0.4 is 16.4 Å². The molecule has 1 heterocycles. The van der Waals surface area contributed by atoms with Crippen molar-refractivity contribution < 1.29 is 4.79 Å². The minimum Gasteiger partial charge on any atom is -0.399 e. The van der Waals surface area contributed by atoms with Crippen LogP contribution in [0.25, 0.3) is 0 Å². The zero-order valence-electron chi connectivity index (χ0n) is 11.6. The number of anilines is 2. The van der Waals surface area contributed by atoms with E-state index in [9.17, 15) is 4.79 Å². The number of carbonyl (C=O) groups excluding carboxylic acids is 1. The van der Waals surface area contributed by atoms with Crippen LogP contribution in [-0.4, -0.2) is 13.0 Å². The molecule has 0 radical (unpaired) electrons. The molecule has 1 aromatic carbocycles. The number of rotatable bonds is 5. The summed E-state index contributed by atoms with van der Waals surface area (Å²) in [6, 6.07) is 9.60. The second-order valence-electron chi connectivity index (χ2n) is 4.50.